The van der Waals surface area contributed by atoms with Crippen LogP contribution in [0, 0.1) is 10.5 Å². The van der Waals surface area contributed by atoms with Gasteiger partial charge in [-0.25, -0.2) is 0 Å². The molecule has 3 heteroatoms. The normalized spacial score (nSPS) is 16.9. The van der Waals surface area contributed by atoms with E-state index in [1.165, 1.54) is 14.8 Å². The molecule has 1 aromatic rings. The van der Waals surface area contributed by atoms with Crippen LogP contribution in [0.1, 0.15) is 18.4 Å². The van der Waals surface area contributed by atoms with E-state index in [0.717, 1.165) is 13.1 Å². The van der Waals surface area contributed by atoms with Gasteiger partial charge < -0.3 is 4.90 Å². The third-order valence-electron chi connectivity index (χ3n) is 2.83. The number of piperidine rings is 1. The maximum Gasteiger partial charge on any atom is 0.136 e. The first kappa shape index (κ1) is 10.9. The summed E-state index contributed by atoms with van der Waals surface area (Å²) in [5.41, 5.74) is 2.58. The number of carbonyl (C=O) groups is 1. The number of carbonyl (C=O) groups excluding carboxylic acids is 1. The molecule has 0 spiro atoms. The van der Waals surface area contributed by atoms with Crippen LogP contribution in [-0.2, 0) is 4.79 Å². The first-order valence-corrected chi connectivity index (χ1v) is 6.27. The zero-order chi connectivity index (χ0) is 10.8. The Morgan fingerprint density at radius 1 is 1.27 bits per heavy atom. The minimum Gasteiger partial charge on any atom is -0.370 e. The Kier molecular flexibility index (Phi) is 3.29. The predicted molar refractivity (Wildman–Crippen MR) is 70.4 cm³/mol. The molecule has 80 valence electrons. The van der Waals surface area contributed by atoms with Crippen molar-refractivity contribution < 1.29 is 4.79 Å². The second-order valence-corrected chi connectivity index (χ2v) is 5.20. The van der Waals surface area contributed by atoms with Crippen LogP contribution >= 0.6 is 22.6 Å². The lowest BCUT2D eigenvalue weighted by molar-refractivity contribution is -0.119. The van der Waals surface area contributed by atoms with Crippen LogP contribution < -0.4 is 4.90 Å². The van der Waals surface area contributed by atoms with Crippen LogP contribution in [-0.4, -0.2) is 18.9 Å². The Bertz CT molecular complexity index is 379. The van der Waals surface area contributed by atoms with Crippen molar-refractivity contribution in [2.24, 2.45) is 0 Å². The zero-order valence-corrected chi connectivity index (χ0v) is 11.0. The average Bonchev–Trinajstić information content (AvgIpc) is 2.23. The van der Waals surface area contributed by atoms with Crippen molar-refractivity contribution in [1.82, 2.24) is 0 Å². The number of anilines is 1. The summed E-state index contributed by atoms with van der Waals surface area (Å²) in [7, 11) is 0. The van der Waals surface area contributed by atoms with Crippen molar-refractivity contribution in [2.75, 3.05) is 18.0 Å². The van der Waals surface area contributed by atoms with E-state index in [1.54, 1.807) is 0 Å². The molecule has 2 nitrogen and oxygen atoms in total. The van der Waals surface area contributed by atoms with E-state index in [2.05, 4.69) is 52.6 Å². The van der Waals surface area contributed by atoms with Gasteiger partial charge in [-0.1, -0.05) is 6.07 Å². The summed E-state index contributed by atoms with van der Waals surface area (Å²) in [6.45, 7) is 3.88. The van der Waals surface area contributed by atoms with E-state index in [1.807, 2.05) is 0 Å². The molecule has 1 aliphatic rings. The highest BCUT2D eigenvalue weighted by molar-refractivity contribution is 14.1. The van der Waals surface area contributed by atoms with Crippen molar-refractivity contribution in [3.8, 4) is 0 Å². The number of rotatable bonds is 1. The second kappa shape index (κ2) is 4.51. The molecular formula is C12H14INO. The van der Waals surface area contributed by atoms with Gasteiger partial charge in [0.2, 0.25) is 0 Å². The van der Waals surface area contributed by atoms with E-state index >= 15 is 0 Å². The number of aryl methyl sites for hydroxylation is 1. The fraction of sp³-hybridized carbons (Fsp3) is 0.417. The maximum absolute atomic E-state index is 11.2. The molecule has 2 rings (SSSR count). The SMILES string of the molecule is Cc1ccc(I)cc1N1CCC(=O)CC1. The molecule has 0 bridgehead atoms. The van der Waals surface area contributed by atoms with Crippen LogP contribution in [0.3, 0.4) is 0 Å². The van der Waals surface area contributed by atoms with Gasteiger partial charge in [-0.05, 0) is 47.2 Å². The molecule has 1 heterocycles. The molecule has 0 atom stereocenters. The van der Waals surface area contributed by atoms with Crippen molar-refractivity contribution in [3.05, 3.63) is 27.3 Å². The van der Waals surface area contributed by atoms with E-state index in [0.29, 0.717) is 18.6 Å². The molecule has 1 aliphatic heterocycles. The number of hydrogen-bond acceptors (Lipinski definition) is 2. The summed E-state index contributed by atoms with van der Waals surface area (Å²) >= 11 is 2.33. The number of nitrogens with zero attached hydrogens (tertiary/aromatic N) is 1. The van der Waals surface area contributed by atoms with Gasteiger partial charge in [0.1, 0.15) is 5.78 Å². The largest absolute Gasteiger partial charge is 0.370 e. The van der Waals surface area contributed by atoms with E-state index < -0.39 is 0 Å². The third kappa shape index (κ3) is 2.51. The molecule has 0 radical (unpaired) electrons. The summed E-state index contributed by atoms with van der Waals surface area (Å²) in [5, 5.41) is 0. The van der Waals surface area contributed by atoms with Crippen molar-refractivity contribution in [2.45, 2.75) is 19.8 Å². The van der Waals surface area contributed by atoms with Crippen LogP contribution in [0.2, 0.25) is 0 Å². The fourth-order valence-electron chi connectivity index (χ4n) is 1.92. The fourth-order valence-corrected chi connectivity index (χ4v) is 2.40. The first-order valence-electron chi connectivity index (χ1n) is 5.19. The lowest BCUT2D eigenvalue weighted by Crippen LogP contribution is -2.34. The predicted octanol–water partition coefficient (Wildman–Crippen LogP) is 2.77. The molecule has 0 N–H and O–H groups in total. The molecule has 1 saturated heterocycles. The third-order valence-corrected chi connectivity index (χ3v) is 3.50. The van der Waals surface area contributed by atoms with Gasteiger partial charge in [0.05, 0.1) is 0 Å². The highest BCUT2D eigenvalue weighted by Crippen LogP contribution is 2.24. The van der Waals surface area contributed by atoms with E-state index in [4.69, 9.17) is 0 Å². The minimum atomic E-state index is 0.398. The van der Waals surface area contributed by atoms with Gasteiger partial charge in [0, 0.05) is 35.2 Å². The summed E-state index contributed by atoms with van der Waals surface area (Å²) in [4.78, 5) is 13.5. The topological polar surface area (TPSA) is 20.3 Å². The summed E-state index contributed by atoms with van der Waals surface area (Å²) in [6, 6.07) is 6.47. The van der Waals surface area contributed by atoms with Gasteiger partial charge in [0.15, 0.2) is 0 Å². The van der Waals surface area contributed by atoms with Gasteiger partial charge in [0.25, 0.3) is 0 Å². The summed E-state index contributed by atoms with van der Waals surface area (Å²) in [6.07, 6.45) is 1.40. The summed E-state index contributed by atoms with van der Waals surface area (Å²) < 4.78 is 1.25. The van der Waals surface area contributed by atoms with Crippen molar-refractivity contribution >= 4 is 34.1 Å². The van der Waals surface area contributed by atoms with Gasteiger partial charge in [-0.15, -0.1) is 0 Å². The highest BCUT2D eigenvalue weighted by Gasteiger charge is 2.17. The first-order chi connectivity index (χ1) is 7.16. The number of benzene rings is 1. The highest BCUT2D eigenvalue weighted by atomic mass is 127. The van der Waals surface area contributed by atoms with Gasteiger partial charge >= 0.3 is 0 Å². The number of halogens is 1. The van der Waals surface area contributed by atoms with Gasteiger partial charge in [-0.2, -0.15) is 0 Å². The molecular weight excluding hydrogens is 301 g/mol. The molecule has 0 aromatic heterocycles. The van der Waals surface area contributed by atoms with Crippen LogP contribution in [0.4, 0.5) is 5.69 Å². The standard InChI is InChI=1S/C12H14INO/c1-9-2-3-10(13)8-12(9)14-6-4-11(15)5-7-14/h2-3,8H,4-7H2,1H3. The Morgan fingerprint density at radius 3 is 2.60 bits per heavy atom. The zero-order valence-electron chi connectivity index (χ0n) is 8.79. The van der Waals surface area contributed by atoms with Crippen molar-refractivity contribution in [3.63, 3.8) is 0 Å². The van der Waals surface area contributed by atoms with Crippen LogP contribution in [0.5, 0.6) is 0 Å². The lowest BCUT2D eigenvalue weighted by Gasteiger charge is -2.29. The molecule has 15 heavy (non-hydrogen) atoms. The molecule has 0 saturated carbocycles. The number of Topliss-reactive ketones (excluding diaryl/α,β-unsaturated/α-hetero) is 1. The Morgan fingerprint density at radius 2 is 1.93 bits per heavy atom. The van der Waals surface area contributed by atoms with Crippen molar-refractivity contribution in [1.29, 1.82) is 0 Å². The quantitative estimate of drug-likeness (QED) is 0.743. The molecule has 0 amide bonds. The Labute approximate surface area is 104 Å². The van der Waals surface area contributed by atoms with E-state index in [9.17, 15) is 4.79 Å². The van der Waals surface area contributed by atoms with Crippen LogP contribution in [0.15, 0.2) is 18.2 Å². The number of ketones is 1. The Balaban J connectivity index is 2.21. The average molecular weight is 315 g/mol. The minimum absolute atomic E-state index is 0.398. The summed E-state index contributed by atoms with van der Waals surface area (Å²) in [5.74, 6) is 0.398. The van der Waals surface area contributed by atoms with Crippen LogP contribution in [0.25, 0.3) is 0 Å². The Hall–Kier alpha value is -0.580. The number of hydrogen-bond donors (Lipinski definition) is 0. The lowest BCUT2D eigenvalue weighted by atomic mass is 10.1. The molecule has 0 unspecified atom stereocenters. The second-order valence-electron chi connectivity index (χ2n) is 3.96. The smallest absolute Gasteiger partial charge is 0.136 e. The monoisotopic (exact) mass is 315 g/mol. The maximum atomic E-state index is 11.2. The van der Waals surface area contributed by atoms with E-state index in [-0.39, 0.29) is 0 Å². The van der Waals surface area contributed by atoms with Gasteiger partial charge in [-0.3, -0.25) is 4.79 Å². The molecule has 0 aliphatic carbocycles. The molecule has 1 aromatic carbocycles. The molecule has 1 fully saturated rings.